The van der Waals surface area contributed by atoms with E-state index in [-0.39, 0.29) is 5.57 Å². The molecule has 1 aliphatic rings. The number of ether oxygens (including phenoxy) is 1. The summed E-state index contributed by atoms with van der Waals surface area (Å²) in [4.78, 5) is 1.03. The lowest BCUT2D eigenvalue weighted by Gasteiger charge is -2.24. The molecule has 1 aromatic heterocycles. The molecule has 4 heteroatoms. The number of thiophene rings is 1. The summed E-state index contributed by atoms with van der Waals surface area (Å²) < 4.78 is 5.96. The molecule has 0 spiro atoms. The third-order valence-corrected chi connectivity index (χ3v) is 4.50. The molecular formula is C15H14N2OS. The van der Waals surface area contributed by atoms with Crippen LogP contribution in [0.15, 0.2) is 34.4 Å². The summed E-state index contributed by atoms with van der Waals surface area (Å²) in [6, 6.07) is 7.81. The Balaban J connectivity index is 2.71. The molecule has 0 radical (unpaired) electrons. The monoisotopic (exact) mass is 270 g/mol. The van der Waals surface area contributed by atoms with Crippen molar-refractivity contribution in [1.82, 2.24) is 0 Å². The molecule has 2 heterocycles. The molecular weight excluding hydrogens is 256 g/mol. The maximum absolute atomic E-state index is 9.10. The van der Waals surface area contributed by atoms with Crippen molar-refractivity contribution in [2.24, 2.45) is 0 Å². The Hall–Kier alpha value is -2.04. The fourth-order valence-corrected chi connectivity index (χ4v) is 2.97. The number of hydrogen-bond donors (Lipinski definition) is 0. The highest BCUT2D eigenvalue weighted by Crippen LogP contribution is 2.47. The maximum atomic E-state index is 9.10. The average Bonchev–Trinajstić information content (AvgIpc) is 3.00. The van der Waals surface area contributed by atoms with Gasteiger partial charge in [0.05, 0.1) is 0 Å². The van der Waals surface area contributed by atoms with Crippen LogP contribution in [0.4, 0.5) is 0 Å². The fraction of sp³-hybridized carbons (Fsp3) is 0.333. The van der Waals surface area contributed by atoms with Gasteiger partial charge in [0, 0.05) is 10.5 Å². The van der Waals surface area contributed by atoms with E-state index < -0.39 is 5.60 Å². The Bertz CT molecular complexity index is 625. The number of allylic oxidation sites excluding steroid dienone is 2. The zero-order chi connectivity index (χ0) is 14.0. The number of hydrogen-bond acceptors (Lipinski definition) is 4. The largest absolute Gasteiger partial charge is 0.480 e. The summed E-state index contributed by atoms with van der Waals surface area (Å²) in [6.07, 6.45) is 0.793. The van der Waals surface area contributed by atoms with Crippen molar-refractivity contribution in [2.45, 2.75) is 32.8 Å². The average molecular weight is 270 g/mol. The van der Waals surface area contributed by atoms with Crippen LogP contribution >= 0.6 is 11.3 Å². The van der Waals surface area contributed by atoms with Crippen molar-refractivity contribution in [3.63, 3.8) is 0 Å². The van der Waals surface area contributed by atoms with E-state index in [0.717, 1.165) is 22.4 Å². The molecule has 0 N–H and O–H groups in total. The first kappa shape index (κ1) is 13.4. The van der Waals surface area contributed by atoms with E-state index in [0.29, 0.717) is 5.76 Å². The van der Waals surface area contributed by atoms with Crippen LogP contribution in [0.5, 0.6) is 0 Å². The van der Waals surface area contributed by atoms with Crippen LogP contribution in [0.2, 0.25) is 0 Å². The number of nitriles is 2. The molecule has 1 aromatic rings. The smallest absolute Gasteiger partial charge is 0.172 e. The van der Waals surface area contributed by atoms with E-state index in [9.17, 15) is 0 Å². The van der Waals surface area contributed by atoms with Gasteiger partial charge in [-0.1, -0.05) is 13.0 Å². The van der Waals surface area contributed by atoms with Gasteiger partial charge in [-0.3, -0.25) is 0 Å². The van der Waals surface area contributed by atoms with Crippen LogP contribution in [0.1, 0.15) is 32.1 Å². The molecule has 1 unspecified atom stereocenters. The molecule has 1 atom stereocenters. The van der Waals surface area contributed by atoms with Crippen molar-refractivity contribution < 1.29 is 4.74 Å². The quantitative estimate of drug-likeness (QED) is 0.762. The molecule has 0 aromatic carbocycles. The predicted octanol–water partition coefficient (Wildman–Crippen LogP) is 4.02. The van der Waals surface area contributed by atoms with Gasteiger partial charge < -0.3 is 4.74 Å². The second-order valence-corrected chi connectivity index (χ2v) is 5.54. The number of nitrogens with zero attached hydrogens (tertiary/aromatic N) is 2. The Labute approximate surface area is 117 Å². The maximum Gasteiger partial charge on any atom is 0.172 e. The SMILES string of the molecule is CCC1(C)OC(=C(C#N)C#N)C(c2cccs2)=C1C. The van der Waals surface area contributed by atoms with Gasteiger partial charge in [0.15, 0.2) is 11.3 Å². The molecule has 0 bridgehead atoms. The van der Waals surface area contributed by atoms with Gasteiger partial charge in [-0.05, 0) is 37.3 Å². The Morgan fingerprint density at radius 1 is 1.42 bits per heavy atom. The molecule has 0 aliphatic carbocycles. The summed E-state index contributed by atoms with van der Waals surface area (Å²) in [7, 11) is 0. The predicted molar refractivity (Wildman–Crippen MR) is 74.9 cm³/mol. The van der Waals surface area contributed by atoms with Crippen LogP contribution < -0.4 is 0 Å². The molecule has 96 valence electrons. The van der Waals surface area contributed by atoms with E-state index in [1.54, 1.807) is 11.3 Å². The van der Waals surface area contributed by atoms with E-state index in [1.165, 1.54) is 0 Å². The van der Waals surface area contributed by atoms with Gasteiger partial charge in [-0.25, -0.2) is 0 Å². The van der Waals surface area contributed by atoms with Gasteiger partial charge in [0.1, 0.15) is 17.7 Å². The minimum atomic E-state index is -0.437. The highest BCUT2D eigenvalue weighted by Gasteiger charge is 2.40. The summed E-state index contributed by atoms with van der Waals surface area (Å²) in [5.74, 6) is 0.425. The summed E-state index contributed by atoms with van der Waals surface area (Å²) in [5.41, 5.74) is 1.58. The highest BCUT2D eigenvalue weighted by atomic mass is 32.1. The third kappa shape index (κ3) is 2.05. The molecule has 0 saturated carbocycles. The summed E-state index contributed by atoms with van der Waals surface area (Å²) >= 11 is 1.59. The van der Waals surface area contributed by atoms with Gasteiger partial charge in [0.25, 0.3) is 0 Å². The Morgan fingerprint density at radius 3 is 2.58 bits per heavy atom. The molecule has 2 rings (SSSR count). The van der Waals surface area contributed by atoms with Crippen molar-refractivity contribution >= 4 is 16.9 Å². The lowest BCUT2D eigenvalue weighted by atomic mass is 9.91. The Morgan fingerprint density at radius 2 is 2.11 bits per heavy atom. The number of rotatable bonds is 2. The first-order valence-corrected chi connectivity index (χ1v) is 6.94. The van der Waals surface area contributed by atoms with E-state index >= 15 is 0 Å². The van der Waals surface area contributed by atoms with Crippen LogP contribution in [0.25, 0.3) is 5.57 Å². The lowest BCUT2D eigenvalue weighted by Crippen LogP contribution is -2.24. The highest BCUT2D eigenvalue weighted by molar-refractivity contribution is 7.11. The molecule has 0 fully saturated rings. The zero-order valence-corrected chi connectivity index (χ0v) is 12.0. The van der Waals surface area contributed by atoms with Gasteiger partial charge in [0.2, 0.25) is 0 Å². The van der Waals surface area contributed by atoms with E-state index in [4.69, 9.17) is 15.3 Å². The van der Waals surface area contributed by atoms with Crippen molar-refractivity contribution in [3.05, 3.63) is 39.3 Å². The minimum absolute atomic E-state index is 0.0416. The topological polar surface area (TPSA) is 56.8 Å². The first-order valence-electron chi connectivity index (χ1n) is 6.06. The summed E-state index contributed by atoms with van der Waals surface area (Å²) in [5, 5.41) is 20.2. The first-order chi connectivity index (χ1) is 9.07. The fourth-order valence-electron chi connectivity index (χ4n) is 2.14. The third-order valence-electron chi connectivity index (χ3n) is 3.62. The summed E-state index contributed by atoms with van der Waals surface area (Å²) in [6.45, 7) is 6.05. The molecule has 0 amide bonds. The van der Waals surface area contributed by atoms with Crippen LogP contribution in [-0.2, 0) is 4.74 Å². The van der Waals surface area contributed by atoms with Gasteiger partial charge in [-0.2, -0.15) is 10.5 Å². The molecule has 0 saturated heterocycles. The Kier molecular flexibility index (Phi) is 3.46. The van der Waals surface area contributed by atoms with Gasteiger partial charge in [-0.15, -0.1) is 11.3 Å². The van der Waals surface area contributed by atoms with Crippen molar-refractivity contribution in [1.29, 1.82) is 10.5 Å². The van der Waals surface area contributed by atoms with E-state index in [2.05, 4.69) is 0 Å². The molecule has 19 heavy (non-hydrogen) atoms. The van der Waals surface area contributed by atoms with Crippen LogP contribution in [-0.4, -0.2) is 5.60 Å². The minimum Gasteiger partial charge on any atom is -0.480 e. The van der Waals surface area contributed by atoms with Crippen molar-refractivity contribution in [2.75, 3.05) is 0 Å². The standard InChI is InChI=1S/C15H14N2OS/c1-4-15(3)10(2)13(12-6-5-7-19-12)14(18-15)11(8-16)9-17/h5-7H,4H2,1-3H3. The van der Waals surface area contributed by atoms with E-state index in [1.807, 2.05) is 50.4 Å². The second-order valence-electron chi connectivity index (χ2n) is 4.59. The van der Waals surface area contributed by atoms with Gasteiger partial charge >= 0.3 is 0 Å². The van der Waals surface area contributed by atoms with Crippen LogP contribution in [0.3, 0.4) is 0 Å². The second kappa shape index (κ2) is 4.91. The zero-order valence-electron chi connectivity index (χ0n) is 11.2. The van der Waals surface area contributed by atoms with Crippen LogP contribution in [0, 0.1) is 22.7 Å². The molecule has 3 nitrogen and oxygen atoms in total. The normalized spacial score (nSPS) is 21.8. The lowest BCUT2D eigenvalue weighted by molar-refractivity contribution is 0.0720. The molecule has 1 aliphatic heterocycles. The van der Waals surface area contributed by atoms with Crippen molar-refractivity contribution in [3.8, 4) is 12.1 Å².